The number of aliphatic hydroxyl groups excluding tert-OH is 1. The summed E-state index contributed by atoms with van der Waals surface area (Å²) in [5.74, 6) is -0.955. The van der Waals surface area contributed by atoms with Crippen molar-refractivity contribution in [3.8, 4) is 0 Å². The van der Waals surface area contributed by atoms with Crippen LogP contribution in [0.3, 0.4) is 0 Å². The van der Waals surface area contributed by atoms with Gasteiger partial charge in [0.1, 0.15) is 11.6 Å². The second-order valence-electron chi connectivity index (χ2n) is 5.26. The molecule has 1 N–H and O–H groups in total. The summed E-state index contributed by atoms with van der Waals surface area (Å²) in [5.41, 5.74) is 0.148. The van der Waals surface area contributed by atoms with E-state index in [1.807, 2.05) is 0 Å². The number of nitrogens with zero attached hydrogens (tertiary/aromatic N) is 2. The third-order valence-electron chi connectivity index (χ3n) is 4.05. The lowest BCUT2D eigenvalue weighted by Crippen LogP contribution is -2.50. The van der Waals surface area contributed by atoms with Gasteiger partial charge in [-0.3, -0.25) is 9.80 Å². The van der Waals surface area contributed by atoms with Gasteiger partial charge in [0.05, 0.1) is 6.61 Å². The predicted octanol–water partition coefficient (Wildman–Crippen LogP) is 1.85. The van der Waals surface area contributed by atoms with Gasteiger partial charge in [0.15, 0.2) is 0 Å². The summed E-state index contributed by atoms with van der Waals surface area (Å²) in [6, 6.07) is 4.18. The highest BCUT2D eigenvalue weighted by Crippen LogP contribution is 2.17. The quantitative estimate of drug-likeness (QED) is 0.894. The first-order chi connectivity index (χ1) is 9.65. The highest BCUT2D eigenvalue weighted by atomic mass is 19.1. The maximum absolute atomic E-state index is 13.6. The summed E-state index contributed by atoms with van der Waals surface area (Å²) < 4.78 is 27.2. The number of rotatable bonds is 5. The highest BCUT2D eigenvalue weighted by molar-refractivity contribution is 5.19. The molecule has 112 valence electrons. The Morgan fingerprint density at radius 2 is 1.75 bits per heavy atom. The molecule has 0 unspecified atom stereocenters. The molecule has 0 aromatic heterocycles. The molecule has 20 heavy (non-hydrogen) atoms. The van der Waals surface area contributed by atoms with Crippen LogP contribution < -0.4 is 0 Å². The zero-order valence-electron chi connectivity index (χ0n) is 11.9. The molecule has 0 spiro atoms. The van der Waals surface area contributed by atoms with Crippen LogP contribution >= 0.6 is 0 Å². The molecule has 0 amide bonds. The molecule has 1 aromatic carbocycles. The predicted molar refractivity (Wildman–Crippen MR) is 74.4 cm³/mol. The lowest BCUT2D eigenvalue weighted by molar-refractivity contribution is 0.0600. The van der Waals surface area contributed by atoms with Crippen molar-refractivity contribution in [3.63, 3.8) is 0 Å². The molecule has 1 atom stereocenters. The number of hydrogen-bond acceptors (Lipinski definition) is 3. The van der Waals surface area contributed by atoms with Crippen LogP contribution in [0.2, 0.25) is 0 Å². The Hall–Kier alpha value is -1.04. The smallest absolute Gasteiger partial charge is 0.130 e. The number of halogens is 2. The van der Waals surface area contributed by atoms with Crippen molar-refractivity contribution in [2.45, 2.75) is 25.9 Å². The van der Waals surface area contributed by atoms with Crippen LogP contribution in [0.1, 0.15) is 18.9 Å². The van der Waals surface area contributed by atoms with Gasteiger partial charge >= 0.3 is 0 Å². The molecular weight excluding hydrogens is 262 g/mol. The molecule has 1 saturated heterocycles. The fourth-order valence-electron chi connectivity index (χ4n) is 2.70. The average Bonchev–Trinajstić information content (AvgIpc) is 2.46. The lowest BCUT2D eigenvalue weighted by Gasteiger charge is -2.38. The van der Waals surface area contributed by atoms with Crippen LogP contribution in [0.25, 0.3) is 0 Å². The molecule has 0 bridgehead atoms. The third-order valence-corrected chi connectivity index (χ3v) is 4.05. The van der Waals surface area contributed by atoms with E-state index in [2.05, 4.69) is 16.7 Å². The van der Waals surface area contributed by atoms with Crippen molar-refractivity contribution in [1.82, 2.24) is 9.80 Å². The van der Waals surface area contributed by atoms with Gasteiger partial charge in [-0.25, -0.2) is 8.78 Å². The van der Waals surface area contributed by atoms with Gasteiger partial charge in [0.2, 0.25) is 0 Å². The number of aliphatic hydroxyl groups is 1. The van der Waals surface area contributed by atoms with E-state index in [1.54, 1.807) is 0 Å². The minimum atomic E-state index is -0.478. The second kappa shape index (κ2) is 7.11. The first kappa shape index (κ1) is 15.4. The van der Waals surface area contributed by atoms with Crippen LogP contribution in [-0.4, -0.2) is 53.7 Å². The molecule has 1 aliphatic rings. The van der Waals surface area contributed by atoms with E-state index in [0.717, 1.165) is 32.6 Å². The van der Waals surface area contributed by atoms with Gasteiger partial charge in [-0.05, 0) is 18.6 Å². The minimum absolute atomic E-state index is 0.148. The maximum atomic E-state index is 13.6. The molecule has 0 radical (unpaired) electrons. The van der Waals surface area contributed by atoms with Crippen molar-refractivity contribution in [2.75, 3.05) is 32.8 Å². The minimum Gasteiger partial charge on any atom is -0.395 e. The standard InChI is InChI=1S/C15H22F2N2O/c1-2-12(11-20)19-8-6-18(7-9-19)10-13-14(16)4-3-5-15(13)17/h3-5,12,20H,2,6-11H2,1H3/t12-/m0/s1. The fourth-order valence-corrected chi connectivity index (χ4v) is 2.70. The van der Waals surface area contributed by atoms with Crippen molar-refractivity contribution < 1.29 is 13.9 Å². The number of hydrogen-bond donors (Lipinski definition) is 1. The van der Waals surface area contributed by atoms with E-state index >= 15 is 0 Å². The van der Waals surface area contributed by atoms with Crippen LogP contribution in [0, 0.1) is 11.6 Å². The SMILES string of the molecule is CC[C@@H](CO)N1CCN(Cc2c(F)cccc2F)CC1. The Balaban J connectivity index is 1.92. The summed E-state index contributed by atoms with van der Waals surface area (Å²) in [6.07, 6.45) is 0.915. The van der Waals surface area contributed by atoms with Gasteiger partial charge in [0.25, 0.3) is 0 Å². The van der Waals surface area contributed by atoms with E-state index in [-0.39, 0.29) is 18.2 Å². The monoisotopic (exact) mass is 284 g/mol. The van der Waals surface area contributed by atoms with Crippen LogP contribution in [0.5, 0.6) is 0 Å². The number of benzene rings is 1. The molecule has 1 aliphatic heterocycles. The molecule has 0 aliphatic carbocycles. The average molecular weight is 284 g/mol. The third kappa shape index (κ3) is 3.53. The normalized spacial score (nSPS) is 19.2. The maximum Gasteiger partial charge on any atom is 0.130 e. The van der Waals surface area contributed by atoms with Gasteiger partial charge < -0.3 is 5.11 Å². The van der Waals surface area contributed by atoms with Crippen molar-refractivity contribution in [1.29, 1.82) is 0 Å². The lowest BCUT2D eigenvalue weighted by atomic mass is 10.1. The Labute approximate surface area is 118 Å². The summed E-state index contributed by atoms with van der Waals surface area (Å²) >= 11 is 0. The molecular formula is C15H22F2N2O. The van der Waals surface area contributed by atoms with Gasteiger partial charge in [-0.2, -0.15) is 0 Å². The Kier molecular flexibility index (Phi) is 5.46. The zero-order valence-corrected chi connectivity index (χ0v) is 11.9. The van der Waals surface area contributed by atoms with E-state index in [9.17, 15) is 13.9 Å². The first-order valence-electron chi connectivity index (χ1n) is 7.15. The largest absolute Gasteiger partial charge is 0.395 e. The Morgan fingerprint density at radius 1 is 1.15 bits per heavy atom. The van der Waals surface area contributed by atoms with Crippen molar-refractivity contribution in [3.05, 3.63) is 35.4 Å². The summed E-state index contributed by atoms with van der Waals surface area (Å²) in [6.45, 7) is 5.72. The molecule has 1 heterocycles. The Morgan fingerprint density at radius 3 is 2.25 bits per heavy atom. The summed E-state index contributed by atoms with van der Waals surface area (Å²) in [7, 11) is 0. The van der Waals surface area contributed by atoms with E-state index < -0.39 is 11.6 Å². The summed E-state index contributed by atoms with van der Waals surface area (Å²) in [5, 5.41) is 9.30. The highest BCUT2D eigenvalue weighted by Gasteiger charge is 2.23. The topological polar surface area (TPSA) is 26.7 Å². The van der Waals surface area contributed by atoms with Crippen LogP contribution in [0.15, 0.2) is 18.2 Å². The number of piperazine rings is 1. The molecule has 0 saturated carbocycles. The van der Waals surface area contributed by atoms with Gasteiger partial charge in [0, 0.05) is 44.3 Å². The van der Waals surface area contributed by atoms with E-state index in [4.69, 9.17) is 0 Å². The Bertz CT molecular complexity index is 410. The second-order valence-corrected chi connectivity index (χ2v) is 5.26. The van der Waals surface area contributed by atoms with Gasteiger partial charge in [-0.1, -0.05) is 13.0 Å². The van der Waals surface area contributed by atoms with Crippen LogP contribution in [-0.2, 0) is 6.54 Å². The molecule has 1 fully saturated rings. The van der Waals surface area contributed by atoms with Crippen molar-refractivity contribution in [2.24, 2.45) is 0 Å². The molecule has 2 rings (SSSR count). The fraction of sp³-hybridized carbons (Fsp3) is 0.600. The van der Waals surface area contributed by atoms with E-state index in [1.165, 1.54) is 18.2 Å². The van der Waals surface area contributed by atoms with Crippen LogP contribution in [0.4, 0.5) is 8.78 Å². The van der Waals surface area contributed by atoms with E-state index in [0.29, 0.717) is 6.54 Å². The van der Waals surface area contributed by atoms with Gasteiger partial charge in [-0.15, -0.1) is 0 Å². The zero-order chi connectivity index (χ0) is 14.5. The molecule has 5 heteroatoms. The van der Waals surface area contributed by atoms with Crippen molar-refractivity contribution >= 4 is 0 Å². The molecule has 1 aromatic rings. The first-order valence-corrected chi connectivity index (χ1v) is 7.15. The molecule has 3 nitrogen and oxygen atoms in total. The summed E-state index contributed by atoms with van der Waals surface area (Å²) in [4.78, 5) is 4.30.